The van der Waals surface area contributed by atoms with Gasteiger partial charge in [0, 0.05) is 18.0 Å². The number of aliphatic hydroxyl groups excluding tert-OH is 1. The van der Waals surface area contributed by atoms with Gasteiger partial charge in [0.25, 0.3) is 5.91 Å². The number of aliphatic hydroxyl groups is 2. The lowest BCUT2D eigenvalue weighted by molar-refractivity contribution is -0.138. The molecule has 0 bridgehead atoms. The Kier molecular flexibility index (Phi) is 5.16. The second-order valence-corrected chi connectivity index (χ2v) is 7.00. The monoisotopic (exact) mass is 399 g/mol. The quantitative estimate of drug-likeness (QED) is 0.732. The Morgan fingerprint density at radius 2 is 2.12 bits per heavy atom. The van der Waals surface area contributed by atoms with Gasteiger partial charge in [-0.25, -0.2) is 4.39 Å². The first-order chi connectivity index (χ1) is 12.3. The molecule has 3 N–H and O–H groups in total. The highest BCUT2D eigenvalue weighted by molar-refractivity contribution is 6.34. The van der Waals surface area contributed by atoms with Crippen LogP contribution in [0.1, 0.15) is 29.8 Å². The molecule has 0 saturated heterocycles. The highest BCUT2D eigenvalue weighted by Crippen LogP contribution is 2.45. The number of hydrogen-bond acceptors (Lipinski definition) is 5. The topological polar surface area (TPSA) is 95.3 Å². The SMILES string of the molecule is O=C(NCc1ncc(Cl)cc1Cl)[C@]1(F)CC[C@@](O)(CO)c2ncccc21. The Bertz CT molecular complexity index is 854. The van der Waals surface area contributed by atoms with Crippen LogP contribution in [0.4, 0.5) is 4.39 Å². The largest absolute Gasteiger partial charge is 0.393 e. The van der Waals surface area contributed by atoms with E-state index in [0.29, 0.717) is 10.7 Å². The fraction of sp³-hybridized carbons (Fsp3) is 0.353. The summed E-state index contributed by atoms with van der Waals surface area (Å²) in [6.07, 6.45) is 2.32. The van der Waals surface area contributed by atoms with Crippen molar-refractivity contribution < 1.29 is 19.4 Å². The van der Waals surface area contributed by atoms with Crippen molar-refractivity contribution in [2.45, 2.75) is 30.7 Å². The Morgan fingerprint density at radius 1 is 1.35 bits per heavy atom. The lowest BCUT2D eigenvalue weighted by atomic mass is 9.74. The third-order valence-electron chi connectivity index (χ3n) is 4.48. The van der Waals surface area contributed by atoms with E-state index in [1.807, 2.05) is 0 Å². The van der Waals surface area contributed by atoms with E-state index in [0.717, 1.165) is 0 Å². The molecule has 6 nitrogen and oxygen atoms in total. The number of carbonyl (C=O) groups excluding carboxylic acids is 1. The van der Waals surface area contributed by atoms with Crippen LogP contribution in [0.5, 0.6) is 0 Å². The average Bonchev–Trinajstić information content (AvgIpc) is 2.64. The minimum atomic E-state index is -2.39. The lowest BCUT2D eigenvalue weighted by Gasteiger charge is -2.38. The van der Waals surface area contributed by atoms with Gasteiger partial charge in [0.2, 0.25) is 5.67 Å². The minimum Gasteiger partial charge on any atom is -0.393 e. The molecule has 2 atom stereocenters. The Balaban J connectivity index is 1.85. The second kappa shape index (κ2) is 7.08. The highest BCUT2D eigenvalue weighted by atomic mass is 35.5. The van der Waals surface area contributed by atoms with Crippen molar-refractivity contribution in [3.8, 4) is 0 Å². The van der Waals surface area contributed by atoms with Crippen LogP contribution in [0.3, 0.4) is 0 Å². The third kappa shape index (κ3) is 3.27. The van der Waals surface area contributed by atoms with Gasteiger partial charge in [0.1, 0.15) is 5.60 Å². The Hall–Kier alpha value is -1.80. The van der Waals surface area contributed by atoms with Gasteiger partial charge >= 0.3 is 0 Å². The normalized spacial score (nSPS) is 24.8. The number of pyridine rings is 2. The summed E-state index contributed by atoms with van der Waals surface area (Å²) in [6.45, 7) is -0.695. The second-order valence-electron chi connectivity index (χ2n) is 6.16. The molecule has 2 aromatic rings. The summed E-state index contributed by atoms with van der Waals surface area (Å²) in [5.41, 5.74) is -3.80. The number of halogens is 3. The maximum absolute atomic E-state index is 15.6. The summed E-state index contributed by atoms with van der Waals surface area (Å²) in [5.74, 6) is -0.889. The molecule has 0 aliphatic heterocycles. The predicted octanol–water partition coefficient (Wildman–Crippen LogP) is 2.24. The van der Waals surface area contributed by atoms with Crippen molar-refractivity contribution in [2.75, 3.05) is 6.61 Å². The molecule has 0 radical (unpaired) electrons. The average molecular weight is 400 g/mol. The molecule has 0 saturated carbocycles. The summed E-state index contributed by atoms with van der Waals surface area (Å²) in [6, 6.07) is 4.33. The molecular formula is C17H16Cl2FN3O3. The molecule has 1 amide bonds. The summed E-state index contributed by atoms with van der Waals surface area (Å²) in [5, 5.41) is 23.0. The first-order valence-corrected chi connectivity index (χ1v) is 8.62. The number of fused-ring (bicyclic) bond motifs is 1. The van der Waals surface area contributed by atoms with Crippen LogP contribution in [0.25, 0.3) is 0 Å². The molecule has 2 heterocycles. The number of hydrogen-bond donors (Lipinski definition) is 3. The molecule has 1 aliphatic rings. The molecule has 26 heavy (non-hydrogen) atoms. The first-order valence-electron chi connectivity index (χ1n) is 7.86. The van der Waals surface area contributed by atoms with Crippen LogP contribution in [0.15, 0.2) is 30.6 Å². The van der Waals surface area contributed by atoms with Crippen LogP contribution in [-0.2, 0) is 22.6 Å². The smallest absolute Gasteiger partial charge is 0.262 e. The maximum atomic E-state index is 15.6. The van der Waals surface area contributed by atoms with Gasteiger partial charge in [0.05, 0.1) is 34.6 Å². The fourth-order valence-electron chi connectivity index (χ4n) is 2.99. The van der Waals surface area contributed by atoms with E-state index in [9.17, 15) is 15.0 Å². The van der Waals surface area contributed by atoms with E-state index < -0.39 is 23.8 Å². The van der Waals surface area contributed by atoms with E-state index in [-0.39, 0.29) is 35.7 Å². The van der Waals surface area contributed by atoms with Gasteiger partial charge in [-0.15, -0.1) is 0 Å². The van der Waals surface area contributed by atoms with Crippen molar-refractivity contribution in [1.82, 2.24) is 15.3 Å². The van der Waals surface area contributed by atoms with Crippen molar-refractivity contribution in [1.29, 1.82) is 0 Å². The molecule has 3 rings (SSSR count). The molecule has 0 fully saturated rings. The fourth-order valence-corrected chi connectivity index (χ4v) is 3.44. The van der Waals surface area contributed by atoms with Crippen LogP contribution >= 0.6 is 23.2 Å². The van der Waals surface area contributed by atoms with E-state index in [1.54, 1.807) is 0 Å². The first kappa shape index (κ1) is 19.0. The van der Waals surface area contributed by atoms with E-state index in [4.69, 9.17) is 23.2 Å². The summed E-state index contributed by atoms with van der Waals surface area (Å²) in [4.78, 5) is 20.6. The van der Waals surface area contributed by atoms with Gasteiger partial charge in [-0.2, -0.15) is 0 Å². The Labute approximate surface area is 159 Å². The summed E-state index contributed by atoms with van der Waals surface area (Å²) >= 11 is 11.8. The number of nitrogens with one attached hydrogen (secondary N) is 1. The number of aromatic nitrogens is 2. The zero-order chi connectivity index (χ0) is 18.9. The molecular weight excluding hydrogens is 384 g/mol. The Morgan fingerprint density at radius 3 is 2.81 bits per heavy atom. The number of alkyl halides is 1. The van der Waals surface area contributed by atoms with Crippen molar-refractivity contribution in [2.24, 2.45) is 0 Å². The molecule has 9 heteroatoms. The van der Waals surface area contributed by atoms with Crippen LogP contribution < -0.4 is 5.32 Å². The van der Waals surface area contributed by atoms with Crippen LogP contribution in [-0.4, -0.2) is 32.7 Å². The number of amides is 1. The van der Waals surface area contributed by atoms with Gasteiger partial charge < -0.3 is 15.5 Å². The zero-order valence-electron chi connectivity index (χ0n) is 13.5. The standard InChI is InChI=1S/C17H16Cl2FN3O3/c18-10-6-12(19)13(22-7-10)8-23-15(25)17(20)4-3-16(26,9-24)14-11(17)2-1-5-21-14/h1-2,5-7,24,26H,3-4,8-9H2,(H,23,25)/t16-,17+/m1/s1. The van der Waals surface area contributed by atoms with Crippen LogP contribution in [0.2, 0.25) is 10.0 Å². The third-order valence-corrected chi connectivity index (χ3v) is 5.01. The number of carbonyl (C=O) groups is 1. The van der Waals surface area contributed by atoms with E-state index >= 15 is 4.39 Å². The van der Waals surface area contributed by atoms with Crippen LogP contribution in [0, 0.1) is 0 Å². The molecule has 0 spiro atoms. The van der Waals surface area contributed by atoms with Gasteiger partial charge in [-0.1, -0.05) is 29.3 Å². The van der Waals surface area contributed by atoms with Crippen molar-refractivity contribution in [3.63, 3.8) is 0 Å². The number of nitrogens with zero attached hydrogens (tertiary/aromatic N) is 2. The minimum absolute atomic E-state index is 0.0333. The van der Waals surface area contributed by atoms with E-state index in [1.165, 1.54) is 30.6 Å². The number of rotatable bonds is 4. The van der Waals surface area contributed by atoms with Crippen molar-refractivity contribution in [3.05, 3.63) is 57.6 Å². The van der Waals surface area contributed by atoms with Gasteiger partial charge in [-0.3, -0.25) is 14.8 Å². The molecule has 138 valence electrons. The molecule has 0 unspecified atom stereocenters. The molecule has 0 aromatic carbocycles. The summed E-state index contributed by atoms with van der Waals surface area (Å²) in [7, 11) is 0. The van der Waals surface area contributed by atoms with Crippen molar-refractivity contribution >= 4 is 29.1 Å². The predicted molar refractivity (Wildman–Crippen MR) is 93.3 cm³/mol. The highest BCUT2D eigenvalue weighted by Gasteiger charge is 2.51. The molecule has 1 aliphatic carbocycles. The molecule has 2 aromatic heterocycles. The summed E-state index contributed by atoms with van der Waals surface area (Å²) < 4.78 is 15.6. The lowest BCUT2D eigenvalue weighted by Crippen LogP contribution is -2.49. The maximum Gasteiger partial charge on any atom is 0.262 e. The zero-order valence-corrected chi connectivity index (χ0v) is 15.1. The van der Waals surface area contributed by atoms with E-state index in [2.05, 4.69) is 15.3 Å². The van der Waals surface area contributed by atoms with Gasteiger partial charge in [-0.05, 0) is 25.0 Å². The van der Waals surface area contributed by atoms with Gasteiger partial charge in [0.15, 0.2) is 0 Å².